The lowest BCUT2D eigenvalue weighted by Crippen LogP contribution is -2.09. The molecule has 3 aromatic rings. The van der Waals surface area contributed by atoms with Gasteiger partial charge >= 0.3 is 0 Å². The summed E-state index contributed by atoms with van der Waals surface area (Å²) in [6.07, 6.45) is 5.84. The number of aromatic nitrogens is 3. The number of nitrogens with two attached hydrogens (primary N) is 1. The van der Waals surface area contributed by atoms with E-state index in [4.69, 9.17) is 18.0 Å². The van der Waals surface area contributed by atoms with Crippen LogP contribution in [0.15, 0.2) is 48.9 Å². The van der Waals surface area contributed by atoms with Crippen molar-refractivity contribution in [2.24, 2.45) is 5.73 Å². The summed E-state index contributed by atoms with van der Waals surface area (Å²) in [4.78, 5) is 0.436. The number of thiocarbonyl (C=S) groups is 1. The molecular weight excluding hydrogens is 256 g/mol. The van der Waals surface area contributed by atoms with Crippen molar-refractivity contribution < 1.29 is 0 Å². The van der Waals surface area contributed by atoms with Crippen molar-refractivity contribution >= 4 is 28.1 Å². The van der Waals surface area contributed by atoms with Gasteiger partial charge in [0.05, 0.1) is 6.54 Å². The lowest BCUT2D eigenvalue weighted by atomic mass is 10.1. The molecular formula is C14H14N4S. The van der Waals surface area contributed by atoms with Gasteiger partial charge in [0.2, 0.25) is 0 Å². The maximum absolute atomic E-state index is 5.65. The molecule has 0 fully saturated rings. The highest BCUT2D eigenvalue weighted by atomic mass is 32.1. The Hall–Kier alpha value is -2.14. The molecule has 3 rings (SSSR count). The Bertz CT molecular complexity index is 712. The van der Waals surface area contributed by atoms with Crippen LogP contribution in [0, 0.1) is 0 Å². The zero-order chi connectivity index (χ0) is 13.2. The number of hydrogen-bond acceptors (Lipinski definition) is 2. The Morgan fingerprint density at radius 2 is 2.11 bits per heavy atom. The molecule has 2 aromatic heterocycles. The van der Waals surface area contributed by atoms with Gasteiger partial charge in [0.15, 0.2) is 0 Å². The second-order valence-corrected chi connectivity index (χ2v) is 4.86. The Balaban J connectivity index is 1.86. The third kappa shape index (κ3) is 2.37. The van der Waals surface area contributed by atoms with Crippen LogP contribution < -0.4 is 5.73 Å². The fraction of sp³-hybridized carbons (Fsp3) is 0.143. The molecule has 0 aliphatic rings. The van der Waals surface area contributed by atoms with Crippen LogP contribution in [-0.4, -0.2) is 19.3 Å². The van der Waals surface area contributed by atoms with Gasteiger partial charge in [0, 0.05) is 41.6 Å². The number of benzene rings is 1. The molecule has 2 N–H and O–H groups in total. The highest BCUT2D eigenvalue weighted by Crippen LogP contribution is 2.18. The summed E-state index contributed by atoms with van der Waals surface area (Å²) in [7, 11) is 0. The second kappa shape index (κ2) is 4.85. The first-order valence-electron chi connectivity index (χ1n) is 6.10. The Morgan fingerprint density at radius 1 is 1.21 bits per heavy atom. The standard InChI is InChI=1S/C14H14N4S/c15-14(19)12-2-3-13-11(10-12)4-7-17(13)8-9-18-6-1-5-16-18/h1-7,10H,8-9H2,(H2,15,19). The monoisotopic (exact) mass is 270 g/mol. The zero-order valence-electron chi connectivity index (χ0n) is 10.4. The van der Waals surface area contributed by atoms with Crippen LogP contribution in [0.25, 0.3) is 10.9 Å². The van der Waals surface area contributed by atoms with Gasteiger partial charge in [-0.25, -0.2) is 0 Å². The first kappa shape index (κ1) is 11.9. The summed E-state index contributed by atoms with van der Waals surface area (Å²) in [5, 5.41) is 5.36. The minimum atomic E-state index is 0.436. The van der Waals surface area contributed by atoms with Crippen molar-refractivity contribution in [1.82, 2.24) is 14.3 Å². The molecule has 1 aromatic carbocycles. The molecule has 2 heterocycles. The number of aryl methyl sites for hydroxylation is 2. The number of nitrogens with zero attached hydrogens (tertiary/aromatic N) is 3. The van der Waals surface area contributed by atoms with E-state index in [1.807, 2.05) is 29.1 Å². The van der Waals surface area contributed by atoms with E-state index >= 15 is 0 Å². The molecule has 19 heavy (non-hydrogen) atoms. The molecule has 0 aliphatic heterocycles. The molecule has 0 aliphatic carbocycles. The largest absolute Gasteiger partial charge is 0.389 e. The summed E-state index contributed by atoms with van der Waals surface area (Å²) in [6.45, 7) is 1.74. The third-order valence-corrected chi connectivity index (χ3v) is 3.42. The maximum atomic E-state index is 5.65. The van der Waals surface area contributed by atoms with Crippen LogP contribution in [0.3, 0.4) is 0 Å². The predicted molar refractivity (Wildman–Crippen MR) is 80.1 cm³/mol. The minimum absolute atomic E-state index is 0.436. The van der Waals surface area contributed by atoms with Gasteiger partial charge in [0.1, 0.15) is 4.99 Å². The molecule has 0 atom stereocenters. The first-order valence-corrected chi connectivity index (χ1v) is 6.51. The number of hydrogen-bond donors (Lipinski definition) is 1. The second-order valence-electron chi connectivity index (χ2n) is 4.42. The fourth-order valence-corrected chi connectivity index (χ4v) is 2.32. The molecule has 5 heteroatoms. The van der Waals surface area contributed by atoms with Crippen LogP contribution in [0.2, 0.25) is 0 Å². The number of fused-ring (bicyclic) bond motifs is 1. The van der Waals surface area contributed by atoms with Gasteiger partial charge in [-0.3, -0.25) is 4.68 Å². The molecule has 0 amide bonds. The number of rotatable bonds is 4. The Labute approximate surface area is 116 Å². The molecule has 0 spiro atoms. The molecule has 0 unspecified atom stereocenters. The summed E-state index contributed by atoms with van der Waals surface area (Å²) >= 11 is 5.00. The average molecular weight is 270 g/mol. The Kier molecular flexibility index (Phi) is 3.05. The summed E-state index contributed by atoms with van der Waals surface area (Å²) < 4.78 is 4.13. The molecule has 0 bridgehead atoms. The average Bonchev–Trinajstić information content (AvgIpc) is 3.05. The van der Waals surface area contributed by atoms with Crippen molar-refractivity contribution in [2.75, 3.05) is 0 Å². The van der Waals surface area contributed by atoms with E-state index in [-0.39, 0.29) is 0 Å². The molecule has 0 saturated heterocycles. The minimum Gasteiger partial charge on any atom is -0.389 e. The van der Waals surface area contributed by atoms with E-state index < -0.39 is 0 Å². The summed E-state index contributed by atoms with van der Waals surface area (Å²) in [6, 6.07) is 10.1. The quantitative estimate of drug-likeness (QED) is 0.739. The van der Waals surface area contributed by atoms with Crippen LogP contribution in [-0.2, 0) is 13.1 Å². The lowest BCUT2D eigenvalue weighted by Gasteiger charge is -2.06. The van der Waals surface area contributed by atoms with Crippen molar-refractivity contribution in [2.45, 2.75) is 13.1 Å². The smallest absolute Gasteiger partial charge is 0.104 e. The molecule has 4 nitrogen and oxygen atoms in total. The van der Waals surface area contributed by atoms with E-state index in [2.05, 4.69) is 28.0 Å². The van der Waals surface area contributed by atoms with Crippen molar-refractivity contribution in [3.8, 4) is 0 Å². The van der Waals surface area contributed by atoms with Crippen LogP contribution in [0.5, 0.6) is 0 Å². The van der Waals surface area contributed by atoms with Crippen LogP contribution >= 0.6 is 12.2 Å². The lowest BCUT2D eigenvalue weighted by molar-refractivity contribution is 0.543. The van der Waals surface area contributed by atoms with Gasteiger partial charge in [0.25, 0.3) is 0 Å². The Morgan fingerprint density at radius 3 is 2.84 bits per heavy atom. The van der Waals surface area contributed by atoms with Crippen LogP contribution in [0.4, 0.5) is 0 Å². The zero-order valence-corrected chi connectivity index (χ0v) is 11.2. The first-order chi connectivity index (χ1) is 9.24. The van der Waals surface area contributed by atoms with Crippen molar-refractivity contribution in [3.63, 3.8) is 0 Å². The normalized spacial score (nSPS) is 10.9. The topological polar surface area (TPSA) is 48.8 Å². The predicted octanol–water partition coefficient (Wildman–Crippen LogP) is 2.17. The van der Waals surface area contributed by atoms with E-state index in [0.717, 1.165) is 24.0 Å². The van der Waals surface area contributed by atoms with Crippen molar-refractivity contribution in [3.05, 3.63) is 54.5 Å². The molecule has 96 valence electrons. The molecule has 0 radical (unpaired) electrons. The maximum Gasteiger partial charge on any atom is 0.104 e. The van der Waals surface area contributed by atoms with E-state index in [1.165, 1.54) is 5.52 Å². The van der Waals surface area contributed by atoms with Crippen LogP contribution in [0.1, 0.15) is 5.56 Å². The van der Waals surface area contributed by atoms with Crippen molar-refractivity contribution in [1.29, 1.82) is 0 Å². The SMILES string of the molecule is NC(=S)c1ccc2c(ccn2CCn2cccn2)c1. The van der Waals surface area contributed by atoms with Gasteiger partial charge in [-0.1, -0.05) is 12.2 Å². The van der Waals surface area contributed by atoms with E-state index in [9.17, 15) is 0 Å². The fourth-order valence-electron chi connectivity index (χ4n) is 2.19. The van der Waals surface area contributed by atoms with Gasteiger partial charge < -0.3 is 10.3 Å². The summed E-state index contributed by atoms with van der Waals surface area (Å²) in [5.41, 5.74) is 7.74. The molecule has 0 saturated carbocycles. The third-order valence-electron chi connectivity index (χ3n) is 3.18. The highest BCUT2D eigenvalue weighted by Gasteiger charge is 2.03. The van der Waals surface area contributed by atoms with Gasteiger partial charge in [-0.15, -0.1) is 0 Å². The van der Waals surface area contributed by atoms with E-state index in [0.29, 0.717) is 4.99 Å². The highest BCUT2D eigenvalue weighted by molar-refractivity contribution is 7.80. The van der Waals surface area contributed by atoms with Gasteiger partial charge in [-0.05, 0) is 30.3 Å². The van der Waals surface area contributed by atoms with E-state index in [1.54, 1.807) is 6.20 Å². The van der Waals surface area contributed by atoms with Gasteiger partial charge in [-0.2, -0.15) is 5.10 Å². The summed E-state index contributed by atoms with van der Waals surface area (Å²) in [5.74, 6) is 0.